The lowest BCUT2D eigenvalue weighted by Gasteiger charge is -2.10. The maximum atomic E-state index is 12.1. The number of amides is 1. The first-order chi connectivity index (χ1) is 9.61. The first-order valence-corrected chi connectivity index (χ1v) is 7.43. The molecule has 0 spiro atoms. The Labute approximate surface area is 127 Å². The van der Waals surface area contributed by atoms with Gasteiger partial charge in [-0.3, -0.25) is 4.79 Å². The van der Waals surface area contributed by atoms with E-state index in [9.17, 15) is 4.79 Å². The Hall–Kier alpha value is -1.68. The van der Waals surface area contributed by atoms with Crippen molar-refractivity contribution in [2.24, 2.45) is 0 Å². The van der Waals surface area contributed by atoms with Gasteiger partial charge in [-0.2, -0.15) is 0 Å². The third kappa shape index (κ3) is 3.45. The Morgan fingerprint density at radius 2 is 2.00 bits per heavy atom. The van der Waals surface area contributed by atoms with E-state index in [1.54, 1.807) is 18.3 Å². The summed E-state index contributed by atoms with van der Waals surface area (Å²) >= 11 is 3.28. The normalized spacial score (nSPS) is 11.9. The number of carbonyl (C=O) groups is 1. The van der Waals surface area contributed by atoms with E-state index in [-0.39, 0.29) is 5.91 Å². The van der Waals surface area contributed by atoms with E-state index in [2.05, 4.69) is 52.2 Å². The van der Waals surface area contributed by atoms with Gasteiger partial charge in [-0.25, -0.2) is 4.98 Å². The maximum absolute atomic E-state index is 12.1. The topological polar surface area (TPSA) is 42.0 Å². The number of rotatable bonds is 4. The van der Waals surface area contributed by atoms with Gasteiger partial charge in [0.05, 0.1) is 5.56 Å². The summed E-state index contributed by atoms with van der Waals surface area (Å²) in [6.07, 6.45) is 2.75. The molecule has 0 aliphatic heterocycles. The molecule has 20 heavy (non-hydrogen) atoms. The van der Waals surface area contributed by atoms with Gasteiger partial charge in [0.15, 0.2) is 0 Å². The van der Waals surface area contributed by atoms with Crippen molar-refractivity contribution in [1.82, 2.24) is 4.98 Å². The highest BCUT2D eigenvalue weighted by molar-refractivity contribution is 9.10. The van der Waals surface area contributed by atoms with Gasteiger partial charge in [-0.05, 0) is 58.1 Å². The Bertz CT molecular complexity index is 596. The molecule has 0 bridgehead atoms. The molecule has 3 nitrogen and oxygen atoms in total. The molecule has 1 aromatic heterocycles. The molecule has 2 rings (SSSR count). The van der Waals surface area contributed by atoms with E-state index in [4.69, 9.17) is 0 Å². The number of carbonyl (C=O) groups excluding carboxylic acids is 1. The minimum absolute atomic E-state index is 0.165. The van der Waals surface area contributed by atoms with Crippen LogP contribution < -0.4 is 5.32 Å². The zero-order valence-corrected chi connectivity index (χ0v) is 13.1. The second kappa shape index (κ2) is 6.66. The molecule has 0 saturated heterocycles. The highest BCUT2D eigenvalue weighted by atomic mass is 79.9. The molecule has 1 atom stereocenters. The fraction of sp³-hybridized carbons (Fsp3) is 0.250. The van der Waals surface area contributed by atoms with Crippen LogP contribution >= 0.6 is 15.9 Å². The maximum Gasteiger partial charge on any atom is 0.258 e. The molecule has 0 fully saturated rings. The van der Waals surface area contributed by atoms with Crippen LogP contribution in [-0.4, -0.2) is 10.9 Å². The van der Waals surface area contributed by atoms with E-state index in [0.29, 0.717) is 16.1 Å². The molecule has 0 aliphatic carbocycles. The summed E-state index contributed by atoms with van der Waals surface area (Å²) in [5, 5.41) is 2.87. The summed E-state index contributed by atoms with van der Waals surface area (Å²) in [4.78, 5) is 16.2. The van der Waals surface area contributed by atoms with Crippen molar-refractivity contribution < 1.29 is 4.79 Å². The van der Waals surface area contributed by atoms with Crippen LogP contribution in [-0.2, 0) is 0 Å². The van der Waals surface area contributed by atoms with Crippen LogP contribution in [0.5, 0.6) is 0 Å². The van der Waals surface area contributed by atoms with Crippen molar-refractivity contribution in [2.45, 2.75) is 26.2 Å². The lowest BCUT2D eigenvalue weighted by atomic mass is 9.99. The van der Waals surface area contributed by atoms with Crippen LogP contribution in [0, 0.1) is 0 Å². The number of benzene rings is 1. The molecule has 0 radical (unpaired) electrons. The van der Waals surface area contributed by atoms with E-state index in [1.807, 2.05) is 12.1 Å². The van der Waals surface area contributed by atoms with Gasteiger partial charge in [0.2, 0.25) is 0 Å². The largest absolute Gasteiger partial charge is 0.322 e. The number of pyridine rings is 1. The number of nitrogens with zero attached hydrogens (tertiary/aromatic N) is 1. The van der Waals surface area contributed by atoms with Gasteiger partial charge >= 0.3 is 0 Å². The van der Waals surface area contributed by atoms with Crippen LogP contribution in [0.2, 0.25) is 0 Å². The fourth-order valence-electron chi connectivity index (χ4n) is 1.88. The molecule has 0 aliphatic rings. The highest BCUT2D eigenvalue weighted by Gasteiger charge is 2.10. The minimum atomic E-state index is -0.165. The van der Waals surface area contributed by atoms with Crippen LogP contribution in [0.3, 0.4) is 0 Å². The fourth-order valence-corrected chi connectivity index (χ4v) is 2.31. The molecule has 0 saturated carbocycles. The van der Waals surface area contributed by atoms with Gasteiger partial charge in [0.1, 0.15) is 4.60 Å². The quantitative estimate of drug-likeness (QED) is 0.830. The SMILES string of the molecule is CCC(C)c1ccc(NC(=O)c2cccnc2Br)cc1. The Morgan fingerprint density at radius 3 is 2.60 bits per heavy atom. The predicted octanol–water partition coefficient (Wildman–Crippen LogP) is 4.61. The molecule has 1 heterocycles. The molecule has 1 N–H and O–H groups in total. The third-order valence-electron chi connectivity index (χ3n) is 3.35. The van der Waals surface area contributed by atoms with Gasteiger partial charge in [-0.15, -0.1) is 0 Å². The summed E-state index contributed by atoms with van der Waals surface area (Å²) in [5.74, 6) is 0.369. The zero-order chi connectivity index (χ0) is 14.5. The van der Waals surface area contributed by atoms with E-state index < -0.39 is 0 Å². The molecular weight excluding hydrogens is 316 g/mol. The highest BCUT2D eigenvalue weighted by Crippen LogP contribution is 2.21. The van der Waals surface area contributed by atoms with Crippen molar-refractivity contribution in [2.75, 3.05) is 5.32 Å². The molecule has 1 aromatic carbocycles. The Kier molecular flexibility index (Phi) is 4.90. The minimum Gasteiger partial charge on any atom is -0.322 e. The van der Waals surface area contributed by atoms with Gasteiger partial charge in [0, 0.05) is 11.9 Å². The van der Waals surface area contributed by atoms with E-state index in [1.165, 1.54) is 5.56 Å². The number of nitrogens with one attached hydrogen (secondary N) is 1. The summed E-state index contributed by atoms with van der Waals surface area (Å²) in [5.41, 5.74) is 2.60. The number of hydrogen-bond acceptors (Lipinski definition) is 2. The van der Waals surface area contributed by atoms with E-state index in [0.717, 1.165) is 12.1 Å². The van der Waals surface area contributed by atoms with Crippen molar-refractivity contribution >= 4 is 27.5 Å². The second-order valence-corrected chi connectivity index (χ2v) is 5.48. The molecule has 1 amide bonds. The lowest BCUT2D eigenvalue weighted by Crippen LogP contribution is -2.13. The van der Waals surface area contributed by atoms with Gasteiger partial charge in [0.25, 0.3) is 5.91 Å². The van der Waals surface area contributed by atoms with Crippen LogP contribution in [0.25, 0.3) is 0 Å². The summed E-state index contributed by atoms with van der Waals surface area (Å²) in [7, 11) is 0. The third-order valence-corrected chi connectivity index (χ3v) is 3.99. The first-order valence-electron chi connectivity index (χ1n) is 6.63. The summed E-state index contributed by atoms with van der Waals surface area (Å²) in [6.45, 7) is 4.36. The van der Waals surface area contributed by atoms with Gasteiger partial charge < -0.3 is 5.32 Å². The average Bonchev–Trinajstić information content (AvgIpc) is 2.47. The van der Waals surface area contributed by atoms with Crippen molar-refractivity contribution in [1.29, 1.82) is 0 Å². The van der Waals surface area contributed by atoms with Crippen molar-refractivity contribution in [3.63, 3.8) is 0 Å². The molecule has 104 valence electrons. The second-order valence-electron chi connectivity index (χ2n) is 4.73. The first kappa shape index (κ1) is 14.7. The average molecular weight is 333 g/mol. The van der Waals surface area contributed by atoms with Crippen molar-refractivity contribution in [3.05, 3.63) is 58.3 Å². The van der Waals surface area contributed by atoms with Crippen LogP contribution in [0.4, 0.5) is 5.69 Å². The standard InChI is InChI=1S/C16H17BrN2O/c1-3-11(2)12-6-8-13(9-7-12)19-16(20)14-5-4-10-18-15(14)17/h4-11H,3H2,1-2H3,(H,19,20). The zero-order valence-electron chi connectivity index (χ0n) is 11.6. The smallest absolute Gasteiger partial charge is 0.258 e. The monoisotopic (exact) mass is 332 g/mol. The molecule has 1 unspecified atom stereocenters. The Balaban J connectivity index is 2.11. The summed E-state index contributed by atoms with van der Waals surface area (Å²) < 4.78 is 0.550. The molecule has 2 aromatic rings. The number of hydrogen-bond donors (Lipinski definition) is 1. The van der Waals surface area contributed by atoms with Crippen molar-refractivity contribution in [3.8, 4) is 0 Å². The number of anilines is 1. The summed E-state index contributed by atoms with van der Waals surface area (Å²) in [6, 6.07) is 11.5. The van der Waals surface area contributed by atoms with Crippen LogP contribution in [0.15, 0.2) is 47.2 Å². The Morgan fingerprint density at radius 1 is 1.30 bits per heavy atom. The predicted molar refractivity (Wildman–Crippen MR) is 85.0 cm³/mol. The number of aromatic nitrogens is 1. The van der Waals surface area contributed by atoms with Gasteiger partial charge in [-0.1, -0.05) is 26.0 Å². The van der Waals surface area contributed by atoms with E-state index >= 15 is 0 Å². The molecular formula is C16H17BrN2O. The molecule has 4 heteroatoms. The van der Waals surface area contributed by atoms with Crippen LogP contribution in [0.1, 0.15) is 42.1 Å². The number of halogens is 1. The lowest BCUT2D eigenvalue weighted by molar-refractivity contribution is 0.102.